The first-order valence-electron chi connectivity index (χ1n) is 7.44. The van der Waals surface area contributed by atoms with E-state index in [1.807, 2.05) is 30.5 Å². The average Bonchev–Trinajstić information content (AvgIpc) is 2.58. The Morgan fingerprint density at radius 2 is 1.78 bits per heavy atom. The summed E-state index contributed by atoms with van der Waals surface area (Å²) in [6, 6.07) is 10.8. The molecule has 7 heteroatoms. The molecule has 1 fully saturated rings. The van der Waals surface area contributed by atoms with Gasteiger partial charge >= 0.3 is 0 Å². The van der Waals surface area contributed by atoms with E-state index in [1.54, 1.807) is 12.1 Å². The Bertz CT molecular complexity index is 667. The fourth-order valence-electron chi connectivity index (χ4n) is 2.68. The van der Waals surface area contributed by atoms with E-state index in [9.17, 15) is 10.1 Å². The summed E-state index contributed by atoms with van der Waals surface area (Å²) in [4.78, 5) is 19.4. The third-order valence-corrected chi connectivity index (χ3v) is 4.44. The summed E-state index contributed by atoms with van der Waals surface area (Å²) in [5, 5.41) is 10.7. The maximum absolute atomic E-state index is 10.7. The Labute approximate surface area is 143 Å². The van der Waals surface area contributed by atoms with Gasteiger partial charge in [0, 0.05) is 61.2 Å². The van der Waals surface area contributed by atoms with Gasteiger partial charge in [0.05, 0.1) is 10.6 Å². The lowest BCUT2D eigenvalue weighted by Crippen LogP contribution is -2.46. The van der Waals surface area contributed by atoms with Gasteiger partial charge in [0.1, 0.15) is 0 Å². The molecule has 0 saturated carbocycles. The van der Waals surface area contributed by atoms with Crippen molar-refractivity contribution in [1.82, 2.24) is 9.88 Å². The number of nitro groups is 1. The summed E-state index contributed by atoms with van der Waals surface area (Å²) in [5.74, 6) is 0. The second kappa shape index (κ2) is 7.06. The van der Waals surface area contributed by atoms with E-state index in [0.29, 0.717) is 0 Å². The number of hydrogen-bond donors (Lipinski definition) is 0. The zero-order valence-electron chi connectivity index (χ0n) is 12.6. The number of aromatic nitrogens is 1. The lowest BCUT2D eigenvalue weighted by atomic mass is 10.2. The Balaban J connectivity index is 1.55. The van der Waals surface area contributed by atoms with Crippen molar-refractivity contribution in [2.75, 3.05) is 31.1 Å². The normalized spacial score (nSPS) is 15.6. The van der Waals surface area contributed by atoms with Crippen molar-refractivity contribution in [3.8, 4) is 0 Å². The van der Waals surface area contributed by atoms with Crippen LogP contribution in [0.25, 0.3) is 0 Å². The molecule has 1 aromatic carbocycles. The first-order valence-corrected chi connectivity index (χ1v) is 8.23. The molecule has 0 radical (unpaired) electrons. The predicted octanol–water partition coefficient (Wildman–Crippen LogP) is 3.07. The van der Waals surface area contributed by atoms with Gasteiger partial charge in [-0.25, -0.2) is 0 Å². The molecule has 0 unspecified atom stereocenters. The van der Waals surface area contributed by atoms with E-state index in [1.165, 1.54) is 0 Å². The first-order chi connectivity index (χ1) is 11.1. The van der Waals surface area contributed by atoms with E-state index >= 15 is 0 Å². The van der Waals surface area contributed by atoms with Crippen LogP contribution in [-0.4, -0.2) is 41.0 Å². The summed E-state index contributed by atoms with van der Waals surface area (Å²) in [5.41, 5.74) is 2.24. The van der Waals surface area contributed by atoms with Crippen LogP contribution >= 0.6 is 15.9 Å². The summed E-state index contributed by atoms with van der Waals surface area (Å²) in [6.07, 6.45) is 1.82. The summed E-state index contributed by atoms with van der Waals surface area (Å²) in [6.45, 7) is 4.58. The van der Waals surface area contributed by atoms with Crippen LogP contribution in [0.1, 0.15) is 5.69 Å². The Kier molecular flexibility index (Phi) is 4.88. The second-order valence-corrected chi connectivity index (χ2v) is 6.42. The molecule has 3 rings (SSSR count). The van der Waals surface area contributed by atoms with E-state index in [2.05, 4.69) is 30.7 Å². The minimum atomic E-state index is -0.368. The molecule has 1 aliphatic heterocycles. The highest BCUT2D eigenvalue weighted by Gasteiger charge is 2.18. The summed E-state index contributed by atoms with van der Waals surface area (Å²) >= 11 is 3.39. The molecular weight excluding hydrogens is 360 g/mol. The van der Waals surface area contributed by atoms with Crippen LogP contribution in [0, 0.1) is 10.1 Å². The number of pyridine rings is 1. The Morgan fingerprint density at radius 1 is 1.09 bits per heavy atom. The molecule has 120 valence electrons. The van der Waals surface area contributed by atoms with Crippen molar-refractivity contribution < 1.29 is 4.92 Å². The van der Waals surface area contributed by atoms with Crippen LogP contribution in [0.4, 0.5) is 11.4 Å². The number of piperazine rings is 1. The fourth-order valence-corrected chi connectivity index (χ4v) is 2.91. The third kappa shape index (κ3) is 4.05. The molecule has 0 aliphatic carbocycles. The lowest BCUT2D eigenvalue weighted by Gasteiger charge is -2.35. The van der Waals surface area contributed by atoms with Gasteiger partial charge in [0.15, 0.2) is 0 Å². The molecular formula is C16H17BrN4O2. The minimum Gasteiger partial charge on any atom is -0.369 e. The lowest BCUT2D eigenvalue weighted by molar-refractivity contribution is -0.384. The molecule has 1 aromatic heterocycles. The van der Waals surface area contributed by atoms with Gasteiger partial charge in [-0.15, -0.1) is 0 Å². The van der Waals surface area contributed by atoms with Crippen molar-refractivity contribution in [3.05, 3.63) is 62.9 Å². The molecule has 0 amide bonds. The second-order valence-electron chi connectivity index (χ2n) is 5.50. The first kappa shape index (κ1) is 15.9. The smallest absolute Gasteiger partial charge is 0.269 e. The van der Waals surface area contributed by atoms with Gasteiger partial charge in [0.2, 0.25) is 0 Å². The molecule has 0 N–H and O–H groups in total. The van der Waals surface area contributed by atoms with Crippen molar-refractivity contribution in [1.29, 1.82) is 0 Å². The number of halogens is 1. The monoisotopic (exact) mass is 376 g/mol. The van der Waals surface area contributed by atoms with Crippen LogP contribution in [-0.2, 0) is 6.54 Å². The fraction of sp³-hybridized carbons (Fsp3) is 0.312. The Morgan fingerprint density at radius 3 is 2.35 bits per heavy atom. The van der Waals surface area contributed by atoms with Crippen molar-refractivity contribution in [3.63, 3.8) is 0 Å². The standard InChI is InChI=1S/C16H17BrN4O2/c17-13-1-2-14(18-11-13)12-19-7-9-20(10-8-19)15-3-5-16(6-4-15)21(22)23/h1-6,11H,7-10,12H2. The average molecular weight is 377 g/mol. The number of hydrogen-bond acceptors (Lipinski definition) is 5. The van der Waals surface area contributed by atoms with Gasteiger partial charge < -0.3 is 4.90 Å². The highest BCUT2D eigenvalue weighted by Crippen LogP contribution is 2.21. The van der Waals surface area contributed by atoms with Gasteiger partial charge in [-0.05, 0) is 40.2 Å². The van der Waals surface area contributed by atoms with Gasteiger partial charge in [-0.3, -0.25) is 20.0 Å². The minimum absolute atomic E-state index is 0.133. The highest BCUT2D eigenvalue weighted by molar-refractivity contribution is 9.10. The number of anilines is 1. The van der Waals surface area contributed by atoms with Gasteiger partial charge in [-0.2, -0.15) is 0 Å². The van der Waals surface area contributed by atoms with Crippen LogP contribution in [0.3, 0.4) is 0 Å². The quantitative estimate of drug-likeness (QED) is 0.605. The number of non-ortho nitro benzene ring substituents is 1. The molecule has 6 nitrogen and oxygen atoms in total. The predicted molar refractivity (Wildman–Crippen MR) is 92.5 cm³/mol. The SMILES string of the molecule is O=[N+]([O-])c1ccc(N2CCN(Cc3ccc(Br)cn3)CC2)cc1. The van der Waals surface area contributed by atoms with Crippen molar-refractivity contribution in [2.45, 2.75) is 6.54 Å². The summed E-state index contributed by atoms with van der Waals surface area (Å²) < 4.78 is 0.990. The zero-order valence-corrected chi connectivity index (χ0v) is 14.1. The highest BCUT2D eigenvalue weighted by atomic mass is 79.9. The topological polar surface area (TPSA) is 62.5 Å². The molecule has 1 saturated heterocycles. The van der Waals surface area contributed by atoms with Gasteiger partial charge in [-0.1, -0.05) is 0 Å². The number of nitro benzene ring substituents is 1. The largest absolute Gasteiger partial charge is 0.369 e. The molecule has 2 aromatic rings. The van der Waals surface area contributed by atoms with Crippen molar-refractivity contribution in [2.24, 2.45) is 0 Å². The van der Waals surface area contributed by atoms with E-state index in [-0.39, 0.29) is 10.6 Å². The molecule has 0 bridgehead atoms. The van der Waals surface area contributed by atoms with Crippen LogP contribution < -0.4 is 4.90 Å². The maximum atomic E-state index is 10.7. The van der Waals surface area contributed by atoms with E-state index in [0.717, 1.165) is 48.6 Å². The van der Waals surface area contributed by atoms with E-state index < -0.39 is 0 Å². The Hall–Kier alpha value is -1.99. The number of nitrogens with zero attached hydrogens (tertiary/aromatic N) is 4. The summed E-state index contributed by atoms with van der Waals surface area (Å²) in [7, 11) is 0. The van der Waals surface area contributed by atoms with E-state index in [4.69, 9.17) is 0 Å². The van der Waals surface area contributed by atoms with Gasteiger partial charge in [0.25, 0.3) is 5.69 Å². The molecule has 2 heterocycles. The maximum Gasteiger partial charge on any atom is 0.269 e. The van der Waals surface area contributed by atoms with Crippen LogP contribution in [0.2, 0.25) is 0 Å². The third-order valence-electron chi connectivity index (χ3n) is 3.97. The number of benzene rings is 1. The molecule has 0 spiro atoms. The molecule has 0 atom stereocenters. The molecule has 1 aliphatic rings. The van der Waals surface area contributed by atoms with Crippen LogP contribution in [0.15, 0.2) is 47.1 Å². The van der Waals surface area contributed by atoms with Crippen LogP contribution in [0.5, 0.6) is 0 Å². The van der Waals surface area contributed by atoms with Crippen molar-refractivity contribution >= 4 is 27.3 Å². The zero-order chi connectivity index (χ0) is 16.2. The molecule has 23 heavy (non-hydrogen) atoms. The number of rotatable bonds is 4.